The van der Waals surface area contributed by atoms with Crippen molar-refractivity contribution in [1.82, 2.24) is 0 Å². The molecule has 352 valence electrons. The van der Waals surface area contributed by atoms with E-state index < -0.39 is 6.10 Å². The van der Waals surface area contributed by atoms with Crippen LogP contribution >= 0.6 is 0 Å². The van der Waals surface area contributed by atoms with E-state index in [9.17, 15) is 14.4 Å². The molecule has 0 spiro atoms. The molecule has 61 heavy (non-hydrogen) atoms. The van der Waals surface area contributed by atoms with Gasteiger partial charge in [0, 0.05) is 19.3 Å². The van der Waals surface area contributed by atoms with Crippen LogP contribution in [-0.4, -0.2) is 37.2 Å². The first-order valence-electron chi connectivity index (χ1n) is 25.8. The lowest BCUT2D eigenvalue weighted by Gasteiger charge is -2.18. The summed E-state index contributed by atoms with van der Waals surface area (Å²) in [5.74, 6) is -0.968. The Bertz CT molecular complexity index is 1070. The number of ether oxygens (including phenoxy) is 3. The van der Waals surface area contributed by atoms with Crippen LogP contribution in [0.5, 0.6) is 0 Å². The largest absolute Gasteiger partial charge is 0.462 e. The molecule has 0 radical (unpaired) electrons. The third kappa shape index (κ3) is 48.0. The summed E-state index contributed by atoms with van der Waals surface area (Å²) in [7, 11) is 0. The van der Waals surface area contributed by atoms with Crippen LogP contribution in [0, 0.1) is 0 Å². The van der Waals surface area contributed by atoms with E-state index in [1.54, 1.807) is 0 Å². The number of esters is 3. The molecular formula is C55H96O6. The highest BCUT2D eigenvalue weighted by atomic mass is 16.6. The lowest BCUT2D eigenvalue weighted by atomic mass is 10.1. The summed E-state index contributed by atoms with van der Waals surface area (Å²) in [5.41, 5.74) is 0. The number of carbonyl (C=O) groups is 3. The molecule has 0 aliphatic rings. The monoisotopic (exact) mass is 853 g/mol. The van der Waals surface area contributed by atoms with Gasteiger partial charge in [-0.1, -0.05) is 191 Å². The average Bonchev–Trinajstić information content (AvgIpc) is 3.26. The van der Waals surface area contributed by atoms with Crippen molar-refractivity contribution in [3.8, 4) is 0 Å². The lowest BCUT2D eigenvalue weighted by molar-refractivity contribution is -0.167. The predicted octanol–water partition coefficient (Wildman–Crippen LogP) is 16.9. The van der Waals surface area contributed by atoms with Gasteiger partial charge < -0.3 is 14.2 Å². The van der Waals surface area contributed by atoms with E-state index in [4.69, 9.17) is 14.2 Å². The van der Waals surface area contributed by atoms with E-state index in [0.717, 1.165) is 70.6 Å². The maximum Gasteiger partial charge on any atom is 0.306 e. The average molecular weight is 853 g/mol. The van der Waals surface area contributed by atoms with Crippen molar-refractivity contribution in [2.45, 2.75) is 258 Å². The Morgan fingerprint density at radius 1 is 0.328 bits per heavy atom. The van der Waals surface area contributed by atoms with E-state index in [2.05, 4.69) is 81.5 Å². The summed E-state index contributed by atoms with van der Waals surface area (Å²) in [6.07, 6.45) is 60.6. The van der Waals surface area contributed by atoms with E-state index in [1.807, 2.05) is 0 Å². The Kier molecular flexibility index (Phi) is 47.4. The van der Waals surface area contributed by atoms with Gasteiger partial charge >= 0.3 is 17.9 Å². The second-order valence-corrected chi connectivity index (χ2v) is 17.1. The van der Waals surface area contributed by atoms with Crippen molar-refractivity contribution >= 4 is 17.9 Å². The molecule has 0 amide bonds. The Morgan fingerprint density at radius 3 is 1.00 bits per heavy atom. The number of rotatable bonds is 46. The van der Waals surface area contributed by atoms with Crippen LogP contribution in [-0.2, 0) is 28.6 Å². The molecule has 0 aromatic rings. The minimum atomic E-state index is -0.805. The standard InChI is InChI=1S/C55H96O6/c1-4-7-10-13-16-19-22-25-26-27-28-31-34-37-40-43-46-49-55(58)61-52(50-59-53(56)47-44-41-38-35-32-29-23-20-17-14-11-8-5-2)51-60-54(57)48-45-42-39-36-33-30-24-21-18-15-12-9-6-3/h20-21,23-26,28,31,37,40,52H,4-19,22,27,29-30,32-36,38-39,41-51H2,1-3H3/b23-20-,24-21-,26-25-,31-28-,40-37-. The van der Waals surface area contributed by atoms with Gasteiger partial charge in [0.2, 0.25) is 0 Å². The highest BCUT2D eigenvalue weighted by molar-refractivity contribution is 5.71. The smallest absolute Gasteiger partial charge is 0.306 e. The molecule has 0 saturated carbocycles. The SMILES string of the molecule is CCCCCC/C=C\CCCCCCCC(=O)OCC(COC(=O)CCCCCCC/C=C\CCCCCC)OC(=O)CCC/C=C\C/C=C\C/C=C\CCCCCCCC. The van der Waals surface area contributed by atoms with Crippen LogP contribution in [0.4, 0.5) is 0 Å². The zero-order chi connectivity index (χ0) is 44.4. The summed E-state index contributed by atoms with van der Waals surface area (Å²) in [5, 5.41) is 0. The van der Waals surface area contributed by atoms with Crippen molar-refractivity contribution in [2.75, 3.05) is 13.2 Å². The summed E-state index contributed by atoms with van der Waals surface area (Å²) in [6.45, 7) is 6.54. The molecule has 0 aromatic carbocycles. The van der Waals surface area contributed by atoms with Crippen LogP contribution in [0.25, 0.3) is 0 Å². The van der Waals surface area contributed by atoms with E-state index in [1.165, 1.54) is 135 Å². The Labute approximate surface area is 377 Å². The third-order valence-electron chi connectivity index (χ3n) is 11.0. The van der Waals surface area contributed by atoms with Gasteiger partial charge in [-0.25, -0.2) is 0 Å². The van der Waals surface area contributed by atoms with E-state index in [-0.39, 0.29) is 37.5 Å². The molecule has 0 fully saturated rings. The topological polar surface area (TPSA) is 78.9 Å². The second-order valence-electron chi connectivity index (χ2n) is 17.1. The number of unbranched alkanes of at least 4 members (excludes halogenated alkanes) is 25. The van der Waals surface area contributed by atoms with Gasteiger partial charge in [-0.15, -0.1) is 0 Å². The highest BCUT2D eigenvalue weighted by Gasteiger charge is 2.19. The summed E-state index contributed by atoms with van der Waals surface area (Å²) in [4.78, 5) is 37.9. The first-order valence-corrected chi connectivity index (χ1v) is 25.8. The molecule has 0 aliphatic heterocycles. The molecule has 0 saturated heterocycles. The van der Waals surface area contributed by atoms with Gasteiger partial charge in [0.1, 0.15) is 13.2 Å². The fourth-order valence-corrected chi connectivity index (χ4v) is 7.03. The second kappa shape index (κ2) is 49.8. The molecular weight excluding hydrogens is 757 g/mol. The van der Waals surface area contributed by atoms with Crippen LogP contribution in [0.1, 0.15) is 252 Å². The number of hydrogen-bond acceptors (Lipinski definition) is 6. The van der Waals surface area contributed by atoms with Crippen molar-refractivity contribution in [2.24, 2.45) is 0 Å². The molecule has 0 heterocycles. The predicted molar refractivity (Wildman–Crippen MR) is 261 cm³/mol. The zero-order valence-corrected chi connectivity index (χ0v) is 40.2. The zero-order valence-electron chi connectivity index (χ0n) is 40.2. The number of allylic oxidation sites excluding steroid dienone is 10. The Balaban J connectivity index is 4.48. The molecule has 0 aromatic heterocycles. The molecule has 6 heteroatoms. The van der Waals surface area contributed by atoms with Gasteiger partial charge in [0.15, 0.2) is 6.10 Å². The minimum Gasteiger partial charge on any atom is -0.462 e. The molecule has 0 aliphatic carbocycles. The molecule has 0 bridgehead atoms. The number of carbonyl (C=O) groups excluding carboxylic acids is 3. The van der Waals surface area contributed by atoms with Gasteiger partial charge in [0.05, 0.1) is 0 Å². The molecule has 0 unspecified atom stereocenters. The van der Waals surface area contributed by atoms with Crippen molar-refractivity contribution < 1.29 is 28.6 Å². The maximum absolute atomic E-state index is 12.8. The minimum absolute atomic E-state index is 0.101. The molecule has 6 nitrogen and oxygen atoms in total. The fourth-order valence-electron chi connectivity index (χ4n) is 7.03. The molecule has 0 rings (SSSR count). The third-order valence-corrected chi connectivity index (χ3v) is 11.0. The molecule has 0 atom stereocenters. The van der Waals surface area contributed by atoms with E-state index >= 15 is 0 Å². The van der Waals surface area contributed by atoms with Crippen molar-refractivity contribution in [1.29, 1.82) is 0 Å². The van der Waals surface area contributed by atoms with Crippen LogP contribution < -0.4 is 0 Å². The summed E-state index contributed by atoms with van der Waals surface area (Å²) < 4.78 is 16.7. The normalized spacial score (nSPS) is 12.1. The van der Waals surface area contributed by atoms with Crippen LogP contribution in [0.15, 0.2) is 60.8 Å². The summed E-state index contributed by atoms with van der Waals surface area (Å²) >= 11 is 0. The van der Waals surface area contributed by atoms with Gasteiger partial charge in [0.25, 0.3) is 0 Å². The Hall–Kier alpha value is -2.89. The van der Waals surface area contributed by atoms with Crippen molar-refractivity contribution in [3.05, 3.63) is 60.8 Å². The van der Waals surface area contributed by atoms with Crippen LogP contribution in [0.2, 0.25) is 0 Å². The number of hydrogen-bond donors (Lipinski definition) is 0. The fraction of sp³-hybridized carbons (Fsp3) is 0.764. The first-order chi connectivity index (χ1) is 30.0. The van der Waals surface area contributed by atoms with Gasteiger partial charge in [-0.2, -0.15) is 0 Å². The quantitative estimate of drug-likeness (QED) is 0.0263. The first kappa shape index (κ1) is 58.1. The van der Waals surface area contributed by atoms with Gasteiger partial charge in [-0.05, 0) is 103 Å². The summed E-state index contributed by atoms with van der Waals surface area (Å²) in [6, 6.07) is 0. The van der Waals surface area contributed by atoms with Crippen molar-refractivity contribution in [3.63, 3.8) is 0 Å². The highest BCUT2D eigenvalue weighted by Crippen LogP contribution is 2.13. The Morgan fingerprint density at radius 2 is 0.607 bits per heavy atom. The van der Waals surface area contributed by atoms with E-state index in [0.29, 0.717) is 19.3 Å². The lowest BCUT2D eigenvalue weighted by Crippen LogP contribution is -2.30. The van der Waals surface area contributed by atoms with Crippen LogP contribution in [0.3, 0.4) is 0 Å². The maximum atomic E-state index is 12.8. The van der Waals surface area contributed by atoms with Gasteiger partial charge in [-0.3, -0.25) is 14.4 Å². The molecule has 0 N–H and O–H groups in total.